The summed E-state index contributed by atoms with van der Waals surface area (Å²) in [6.45, 7) is 1.85. The molecule has 0 radical (unpaired) electrons. The first-order chi connectivity index (χ1) is 15.8. The molecule has 0 aliphatic carbocycles. The summed E-state index contributed by atoms with van der Waals surface area (Å²) >= 11 is 13.8. The monoisotopic (exact) mass is 527 g/mol. The number of ether oxygens (including phenoxy) is 2. The molecule has 1 saturated heterocycles. The molecule has 0 spiro atoms. The summed E-state index contributed by atoms with van der Waals surface area (Å²) in [5.41, 5.74) is 1.88. The van der Waals surface area contributed by atoms with Gasteiger partial charge in [0.2, 0.25) is 10.0 Å². The first-order valence-corrected chi connectivity index (χ1v) is 13.2. The Bertz CT molecular complexity index is 1240. The Balaban J connectivity index is 1.42. The third-order valence-corrected chi connectivity index (χ3v) is 8.86. The minimum atomic E-state index is -3.64. The van der Waals surface area contributed by atoms with Gasteiger partial charge in [-0.15, -0.1) is 11.3 Å². The number of nitrogens with zero attached hydrogens (tertiary/aromatic N) is 3. The number of thiazole rings is 1. The predicted octanol–water partition coefficient (Wildman–Crippen LogP) is 4.57. The van der Waals surface area contributed by atoms with Gasteiger partial charge in [0.1, 0.15) is 0 Å². The SMILES string of the molecule is COc1ccc(S(=O)(=O)N2CCN(c3nc(Cc4ccc(Cl)cc4Cl)cs3)CC2)cc1OC. The van der Waals surface area contributed by atoms with Gasteiger partial charge in [-0.2, -0.15) is 4.31 Å². The van der Waals surface area contributed by atoms with Crippen molar-refractivity contribution in [2.75, 3.05) is 45.3 Å². The van der Waals surface area contributed by atoms with Crippen LogP contribution in [0, 0.1) is 0 Å². The molecular formula is C22H23Cl2N3O4S2. The fraction of sp³-hybridized carbons (Fsp3) is 0.318. The maximum atomic E-state index is 13.1. The quantitative estimate of drug-likeness (QED) is 0.448. The highest BCUT2D eigenvalue weighted by atomic mass is 35.5. The molecule has 176 valence electrons. The van der Waals surface area contributed by atoms with E-state index in [0.717, 1.165) is 16.4 Å². The lowest BCUT2D eigenvalue weighted by Crippen LogP contribution is -2.48. The molecule has 2 aromatic carbocycles. The van der Waals surface area contributed by atoms with Gasteiger partial charge in [0, 0.05) is 54.1 Å². The summed E-state index contributed by atoms with van der Waals surface area (Å²) < 4.78 is 38.2. The number of anilines is 1. The van der Waals surface area contributed by atoms with Gasteiger partial charge in [-0.1, -0.05) is 29.3 Å². The normalized spacial score (nSPS) is 15.0. The van der Waals surface area contributed by atoms with Crippen LogP contribution in [0.4, 0.5) is 5.13 Å². The van der Waals surface area contributed by atoms with Crippen LogP contribution >= 0.6 is 34.5 Å². The number of hydrogen-bond donors (Lipinski definition) is 0. The topological polar surface area (TPSA) is 72.0 Å². The Morgan fingerprint density at radius 1 is 1.00 bits per heavy atom. The molecule has 1 fully saturated rings. The number of hydrogen-bond acceptors (Lipinski definition) is 7. The molecule has 1 aliphatic heterocycles. The Morgan fingerprint density at radius 3 is 2.39 bits per heavy atom. The van der Waals surface area contributed by atoms with E-state index >= 15 is 0 Å². The molecule has 11 heteroatoms. The molecule has 3 aromatic rings. The molecule has 0 unspecified atom stereocenters. The van der Waals surface area contributed by atoms with E-state index in [1.165, 1.54) is 30.7 Å². The second kappa shape index (κ2) is 10.1. The molecule has 33 heavy (non-hydrogen) atoms. The second-order valence-electron chi connectivity index (χ2n) is 7.44. The summed E-state index contributed by atoms with van der Waals surface area (Å²) in [5, 5.41) is 4.10. The average Bonchev–Trinajstić information content (AvgIpc) is 3.29. The minimum absolute atomic E-state index is 0.185. The van der Waals surface area contributed by atoms with E-state index in [4.69, 9.17) is 37.7 Å². The highest BCUT2D eigenvalue weighted by Gasteiger charge is 2.30. The third kappa shape index (κ3) is 5.22. The van der Waals surface area contributed by atoms with Crippen LogP contribution in [0.5, 0.6) is 11.5 Å². The standard InChI is InChI=1S/C22H23Cl2N3O4S2/c1-30-20-6-5-18(13-21(20)31-2)33(28,29)27-9-7-26(8-10-27)22-25-17(14-32-22)11-15-3-4-16(23)12-19(15)24/h3-6,12-14H,7-11H2,1-2H3. The fourth-order valence-electron chi connectivity index (χ4n) is 3.63. The van der Waals surface area contributed by atoms with Gasteiger partial charge in [-0.25, -0.2) is 13.4 Å². The number of halogens is 2. The number of aromatic nitrogens is 1. The van der Waals surface area contributed by atoms with Crippen LogP contribution in [0.1, 0.15) is 11.3 Å². The number of methoxy groups -OCH3 is 2. The Kier molecular flexibility index (Phi) is 7.35. The molecule has 0 amide bonds. The van der Waals surface area contributed by atoms with Gasteiger partial charge >= 0.3 is 0 Å². The van der Waals surface area contributed by atoms with Crippen LogP contribution < -0.4 is 14.4 Å². The zero-order valence-corrected chi connectivity index (χ0v) is 21.3. The number of benzene rings is 2. The maximum absolute atomic E-state index is 13.1. The van der Waals surface area contributed by atoms with Gasteiger partial charge in [0.25, 0.3) is 0 Å². The molecule has 7 nitrogen and oxygen atoms in total. The van der Waals surface area contributed by atoms with E-state index in [9.17, 15) is 8.42 Å². The molecule has 1 aliphatic rings. The van der Waals surface area contributed by atoms with Gasteiger partial charge < -0.3 is 14.4 Å². The summed E-state index contributed by atoms with van der Waals surface area (Å²) in [7, 11) is -0.645. The van der Waals surface area contributed by atoms with E-state index < -0.39 is 10.0 Å². The van der Waals surface area contributed by atoms with Crippen LogP contribution in [-0.4, -0.2) is 58.1 Å². The van der Waals surface area contributed by atoms with E-state index in [1.54, 1.807) is 23.5 Å². The fourth-order valence-corrected chi connectivity index (χ4v) is 6.42. The number of sulfonamides is 1. The maximum Gasteiger partial charge on any atom is 0.243 e. The van der Waals surface area contributed by atoms with Crippen molar-refractivity contribution in [1.82, 2.24) is 9.29 Å². The summed E-state index contributed by atoms with van der Waals surface area (Å²) in [4.78, 5) is 7.03. The van der Waals surface area contributed by atoms with Crippen molar-refractivity contribution < 1.29 is 17.9 Å². The lowest BCUT2D eigenvalue weighted by molar-refractivity contribution is 0.353. The Hall–Kier alpha value is -2.04. The van der Waals surface area contributed by atoms with Crippen LogP contribution in [0.15, 0.2) is 46.7 Å². The van der Waals surface area contributed by atoms with Gasteiger partial charge in [0.15, 0.2) is 16.6 Å². The summed E-state index contributed by atoms with van der Waals surface area (Å²) in [6.07, 6.45) is 0.611. The van der Waals surface area contributed by atoms with Crippen molar-refractivity contribution >= 4 is 49.7 Å². The van der Waals surface area contributed by atoms with Crippen molar-refractivity contribution in [2.24, 2.45) is 0 Å². The van der Waals surface area contributed by atoms with E-state index in [1.807, 2.05) is 17.5 Å². The van der Waals surface area contributed by atoms with Crippen LogP contribution in [0.2, 0.25) is 10.0 Å². The van der Waals surface area contributed by atoms with Crippen molar-refractivity contribution in [2.45, 2.75) is 11.3 Å². The zero-order valence-electron chi connectivity index (χ0n) is 18.1. The average molecular weight is 528 g/mol. The highest BCUT2D eigenvalue weighted by Crippen LogP contribution is 2.32. The van der Waals surface area contributed by atoms with E-state index in [2.05, 4.69) is 4.90 Å². The smallest absolute Gasteiger partial charge is 0.243 e. The number of piperazine rings is 1. The summed E-state index contributed by atoms with van der Waals surface area (Å²) in [6, 6.07) is 10.1. The van der Waals surface area contributed by atoms with Crippen LogP contribution in [-0.2, 0) is 16.4 Å². The molecule has 4 rings (SSSR count). The van der Waals surface area contributed by atoms with Crippen molar-refractivity contribution in [3.05, 3.63) is 63.1 Å². The van der Waals surface area contributed by atoms with Crippen LogP contribution in [0.3, 0.4) is 0 Å². The lowest BCUT2D eigenvalue weighted by atomic mass is 10.1. The van der Waals surface area contributed by atoms with E-state index in [0.29, 0.717) is 54.1 Å². The van der Waals surface area contributed by atoms with Gasteiger partial charge in [0.05, 0.1) is 24.8 Å². The Morgan fingerprint density at radius 2 is 1.73 bits per heavy atom. The summed E-state index contributed by atoms with van der Waals surface area (Å²) in [5.74, 6) is 0.869. The minimum Gasteiger partial charge on any atom is -0.493 e. The Labute approximate surface area is 207 Å². The predicted molar refractivity (Wildman–Crippen MR) is 132 cm³/mol. The van der Waals surface area contributed by atoms with Crippen LogP contribution in [0.25, 0.3) is 0 Å². The first-order valence-electron chi connectivity index (χ1n) is 10.2. The molecule has 0 N–H and O–H groups in total. The molecule has 0 saturated carbocycles. The van der Waals surface area contributed by atoms with Crippen molar-refractivity contribution in [1.29, 1.82) is 0 Å². The second-order valence-corrected chi connectivity index (χ2v) is 11.1. The van der Waals surface area contributed by atoms with E-state index in [-0.39, 0.29) is 4.90 Å². The van der Waals surface area contributed by atoms with Crippen molar-refractivity contribution in [3.63, 3.8) is 0 Å². The number of rotatable bonds is 7. The van der Waals surface area contributed by atoms with Gasteiger partial charge in [-0.05, 0) is 29.8 Å². The zero-order chi connectivity index (χ0) is 23.6. The molecular weight excluding hydrogens is 505 g/mol. The first kappa shape index (κ1) is 24.1. The highest BCUT2D eigenvalue weighted by molar-refractivity contribution is 7.89. The lowest BCUT2D eigenvalue weighted by Gasteiger charge is -2.33. The van der Waals surface area contributed by atoms with Gasteiger partial charge in [-0.3, -0.25) is 0 Å². The van der Waals surface area contributed by atoms with Crippen molar-refractivity contribution in [3.8, 4) is 11.5 Å². The molecule has 0 atom stereocenters. The largest absolute Gasteiger partial charge is 0.493 e. The third-order valence-electron chi connectivity index (χ3n) is 5.43. The molecule has 2 heterocycles. The molecule has 1 aromatic heterocycles. The molecule has 0 bridgehead atoms.